The summed E-state index contributed by atoms with van der Waals surface area (Å²) < 4.78 is 3.92. The predicted molar refractivity (Wildman–Crippen MR) is 137 cm³/mol. The van der Waals surface area contributed by atoms with Gasteiger partial charge in [-0.05, 0) is 56.9 Å². The van der Waals surface area contributed by atoms with Crippen molar-refractivity contribution in [2.24, 2.45) is 5.10 Å². The summed E-state index contributed by atoms with van der Waals surface area (Å²) in [6, 6.07) is 8.14. The summed E-state index contributed by atoms with van der Waals surface area (Å²) in [6.45, 7) is 8.36. The molecule has 0 aliphatic carbocycles. The standard InChI is InChI=1S/C22H27N9O2S2/c1-16-12-17(2)25-21(24-16)35-14-20-26-29(15-28-10-8-27(3)9-11-28)22(34)30(20)23-13-18-4-6-19(7-5-18)31(32)33/h4-7,12-13H,8-11,14-15H2,1-3H3/b23-13+. The SMILES string of the molecule is Cc1cc(C)nc(SCc2nn(CN3CCN(C)CC3)c(=S)n2/N=C/c2ccc([N+](=O)[O-])cc2)n1. The Bertz CT molecular complexity index is 1260. The highest BCUT2D eigenvalue weighted by Gasteiger charge is 2.18. The second-order valence-electron chi connectivity index (χ2n) is 8.39. The third kappa shape index (κ3) is 6.57. The van der Waals surface area contributed by atoms with Crippen molar-refractivity contribution in [1.82, 2.24) is 34.2 Å². The Morgan fingerprint density at radius 2 is 1.80 bits per heavy atom. The summed E-state index contributed by atoms with van der Waals surface area (Å²) in [5, 5.41) is 20.9. The van der Waals surface area contributed by atoms with Crippen LogP contribution >= 0.6 is 24.0 Å². The molecule has 1 fully saturated rings. The molecule has 0 atom stereocenters. The zero-order chi connectivity index (χ0) is 24.9. The van der Waals surface area contributed by atoms with E-state index in [1.807, 2.05) is 19.9 Å². The van der Waals surface area contributed by atoms with Crippen LogP contribution in [0.1, 0.15) is 22.8 Å². The molecule has 1 aromatic carbocycles. The molecule has 0 spiro atoms. The summed E-state index contributed by atoms with van der Waals surface area (Å²) in [6.07, 6.45) is 1.63. The van der Waals surface area contributed by atoms with Gasteiger partial charge in [0.15, 0.2) is 11.0 Å². The van der Waals surface area contributed by atoms with Crippen LogP contribution < -0.4 is 0 Å². The lowest BCUT2D eigenvalue weighted by Crippen LogP contribution is -2.45. The number of aromatic nitrogens is 5. The van der Waals surface area contributed by atoms with Crippen LogP contribution in [0.25, 0.3) is 0 Å². The molecule has 3 heterocycles. The zero-order valence-electron chi connectivity index (χ0n) is 19.9. The van der Waals surface area contributed by atoms with Gasteiger partial charge < -0.3 is 4.90 Å². The number of piperazine rings is 1. The molecule has 0 amide bonds. The van der Waals surface area contributed by atoms with Crippen LogP contribution in [-0.4, -0.2) is 78.6 Å². The smallest absolute Gasteiger partial charge is 0.269 e. The molecule has 13 heteroatoms. The first kappa shape index (κ1) is 25.1. The Hall–Kier alpha value is -3.00. The fourth-order valence-corrected chi connectivity index (χ4v) is 4.72. The van der Waals surface area contributed by atoms with Crippen molar-refractivity contribution in [2.45, 2.75) is 31.4 Å². The maximum absolute atomic E-state index is 10.9. The van der Waals surface area contributed by atoms with Gasteiger partial charge in [-0.2, -0.15) is 14.9 Å². The maximum atomic E-state index is 10.9. The molecule has 0 bridgehead atoms. The lowest BCUT2D eigenvalue weighted by atomic mass is 10.2. The minimum atomic E-state index is -0.427. The van der Waals surface area contributed by atoms with Gasteiger partial charge in [0.1, 0.15) is 0 Å². The van der Waals surface area contributed by atoms with Gasteiger partial charge in [0, 0.05) is 49.7 Å². The Labute approximate surface area is 212 Å². The molecule has 0 N–H and O–H groups in total. The van der Waals surface area contributed by atoms with E-state index < -0.39 is 4.92 Å². The monoisotopic (exact) mass is 513 g/mol. The second-order valence-corrected chi connectivity index (χ2v) is 9.70. The molecule has 2 aromatic heterocycles. The largest absolute Gasteiger partial charge is 0.304 e. The van der Waals surface area contributed by atoms with Crippen LogP contribution in [0.3, 0.4) is 0 Å². The molecule has 1 saturated heterocycles. The van der Waals surface area contributed by atoms with Gasteiger partial charge in [-0.3, -0.25) is 15.0 Å². The minimum Gasteiger partial charge on any atom is -0.304 e. The number of non-ortho nitro benzene ring substituents is 1. The van der Waals surface area contributed by atoms with Gasteiger partial charge in [-0.1, -0.05) is 11.8 Å². The van der Waals surface area contributed by atoms with Gasteiger partial charge in [-0.25, -0.2) is 14.6 Å². The van der Waals surface area contributed by atoms with Gasteiger partial charge >= 0.3 is 0 Å². The molecule has 0 unspecified atom stereocenters. The molecule has 1 aliphatic heterocycles. The van der Waals surface area contributed by atoms with Crippen LogP contribution in [0.5, 0.6) is 0 Å². The summed E-state index contributed by atoms with van der Waals surface area (Å²) in [4.78, 5) is 24.1. The summed E-state index contributed by atoms with van der Waals surface area (Å²) in [5.41, 5.74) is 2.58. The Morgan fingerprint density at radius 1 is 1.14 bits per heavy atom. The van der Waals surface area contributed by atoms with Crippen molar-refractivity contribution >= 4 is 35.9 Å². The second kappa shape index (κ2) is 11.2. The van der Waals surface area contributed by atoms with Crippen LogP contribution in [-0.2, 0) is 12.4 Å². The van der Waals surface area contributed by atoms with Crippen molar-refractivity contribution in [3.05, 3.63) is 68.0 Å². The van der Waals surface area contributed by atoms with E-state index in [-0.39, 0.29) is 5.69 Å². The summed E-state index contributed by atoms with van der Waals surface area (Å²) in [5.74, 6) is 1.16. The number of nitro benzene ring substituents is 1. The lowest BCUT2D eigenvalue weighted by Gasteiger charge is -2.31. The van der Waals surface area contributed by atoms with E-state index in [4.69, 9.17) is 17.3 Å². The van der Waals surface area contributed by atoms with E-state index in [1.54, 1.807) is 27.7 Å². The number of benzene rings is 1. The van der Waals surface area contributed by atoms with Gasteiger partial charge in [0.05, 0.1) is 23.6 Å². The third-order valence-corrected chi connectivity index (χ3v) is 6.76. The summed E-state index contributed by atoms with van der Waals surface area (Å²) >= 11 is 7.21. The number of hydrogen-bond donors (Lipinski definition) is 0. The molecular formula is C22H27N9O2S2. The number of thioether (sulfide) groups is 1. The van der Waals surface area contributed by atoms with Gasteiger partial charge in [0.2, 0.25) is 4.77 Å². The Kier molecular flexibility index (Phi) is 8.00. The van der Waals surface area contributed by atoms with Crippen molar-refractivity contribution < 1.29 is 4.92 Å². The number of aryl methyl sites for hydroxylation is 2. The molecule has 3 aromatic rings. The van der Waals surface area contributed by atoms with Gasteiger partial charge in [-0.15, -0.1) is 0 Å². The van der Waals surface area contributed by atoms with Crippen molar-refractivity contribution in [2.75, 3.05) is 33.2 Å². The van der Waals surface area contributed by atoms with Crippen LogP contribution in [0.4, 0.5) is 5.69 Å². The normalized spacial score (nSPS) is 15.2. The highest BCUT2D eigenvalue weighted by Crippen LogP contribution is 2.20. The Balaban J connectivity index is 1.59. The average molecular weight is 514 g/mol. The molecule has 35 heavy (non-hydrogen) atoms. The van der Waals surface area contributed by atoms with Crippen molar-refractivity contribution in [1.29, 1.82) is 0 Å². The first-order valence-corrected chi connectivity index (χ1v) is 12.5. The van der Waals surface area contributed by atoms with E-state index >= 15 is 0 Å². The molecule has 4 rings (SSSR count). The first-order valence-electron chi connectivity index (χ1n) is 11.1. The third-order valence-electron chi connectivity index (χ3n) is 5.53. The highest BCUT2D eigenvalue weighted by molar-refractivity contribution is 7.98. The maximum Gasteiger partial charge on any atom is 0.269 e. The first-order chi connectivity index (χ1) is 16.8. The molecule has 0 radical (unpaired) electrons. The molecule has 1 aliphatic rings. The number of nitrogens with zero attached hydrogens (tertiary/aromatic N) is 9. The molecule has 184 valence electrons. The van der Waals surface area contributed by atoms with E-state index in [2.05, 4.69) is 31.9 Å². The fraction of sp³-hybridized carbons (Fsp3) is 0.409. The predicted octanol–water partition coefficient (Wildman–Crippen LogP) is 3.11. The number of nitro groups is 1. The average Bonchev–Trinajstić information content (AvgIpc) is 3.11. The van der Waals surface area contributed by atoms with E-state index in [0.29, 0.717) is 28.2 Å². The van der Waals surface area contributed by atoms with E-state index in [9.17, 15) is 10.1 Å². The van der Waals surface area contributed by atoms with E-state index in [1.165, 1.54) is 23.9 Å². The Morgan fingerprint density at radius 3 is 2.43 bits per heavy atom. The molecular weight excluding hydrogens is 486 g/mol. The number of hydrogen-bond acceptors (Lipinski definition) is 10. The van der Waals surface area contributed by atoms with Gasteiger partial charge in [0.25, 0.3) is 5.69 Å². The van der Waals surface area contributed by atoms with Crippen LogP contribution in [0.15, 0.2) is 40.6 Å². The lowest BCUT2D eigenvalue weighted by molar-refractivity contribution is -0.384. The van der Waals surface area contributed by atoms with Crippen molar-refractivity contribution in [3.8, 4) is 0 Å². The van der Waals surface area contributed by atoms with Crippen molar-refractivity contribution in [3.63, 3.8) is 0 Å². The van der Waals surface area contributed by atoms with Crippen LogP contribution in [0.2, 0.25) is 0 Å². The fourth-order valence-electron chi connectivity index (χ4n) is 3.61. The van der Waals surface area contributed by atoms with Crippen LogP contribution in [0, 0.1) is 28.7 Å². The zero-order valence-corrected chi connectivity index (χ0v) is 21.5. The number of likely N-dealkylation sites (N-methyl/N-ethyl adjacent to an activating group) is 1. The molecule has 11 nitrogen and oxygen atoms in total. The van der Waals surface area contributed by atoms with E-state index in [0.717, 1.165) is 43.1 Å². The topological polar surface area (TPSA) is 111 Å². The number of rotatable bonds is 8. The minimum absolute atomic E-state index is 0.0318. The molecule has 0 saturated carbocycles. The highest BCUT2D eigenvalue weighted by atomic mass is 32.2. The summed E-state index contributed by atoms with van der Waals surface area (Å²) in [7, 11) is 2.12. The quantitative estimate of drug-likeness (QED) is 0.112.